The van der Waals surface area contributed by atoms with Crippen LogP contribution in [0.2, 0.25) is 10.3 Å². The lowest BCUT2D eigenvalue weighted by molar-refractivity contribution is 0.0340. The number of nitrogens with two attached hydrogens (primary N) is 1. The standard InChI is InChI=1S/C23H27N5O2.C19H30N4O4.C14H22N4O2.C13H18ClN3O3.C9H6ClN.C6H13NO.ClH/c29-15-16-7-11-28(12-8-16)22-23(25-10-9-24-22)30-19-13-18(14-19)26-21-6-5-17-3-1-2-4-20(17)27-21;1-19(2,3)27-18(25)22-14-10-15(11-14)26-17-16(20-6-7-21-17)23-8-4-13(12-24)5-9-23;15-11-7-12(8-11)20-14-13(16-3-4-17-14)18-5-1-10(9-19)2-6-18;1-13(2,3)20-12(18)17-8-6-9(7-8)19-11-10(14)15-4-5-16-11;10-9-6-5-7-3-1-2-4-8(7)11-9;8-5-6-1-3-7-4-2-6;/h1-6,9-10,16,18-19,29H,7-8,11-15H2,(H,26,27);6-7,13-15,24H,4-5,8-12H2,1-3H3,(H,22,25);3-4,10-12,19H,1-2,5-9,15H2;4-5,8-9H,6-7H2,1-3H3,(H,17,18);1-6H;6-8H,1-5H2;1H. The fraction of sp³-hybridized carbons (Fsp3) is 0.571. The first-order valence-corrected chi connectivity index (χ1v) is 41.6. The van der Waals surface area contributed by atoms with Crippen LogP contribution >= 0.6 is 35.6 Å². The molecule has 2 amide bonds. The Balaban J connectivity index is 0.000000154. The first-order chi connectivity index (χ1) is 56.0. The third-order valence-electron chi connectivity index (χ3n) is 21.3. The number of carbonyl (C=O) groups is 2. The molecule has 33 heteroatoms. The van der Waals surface area contributed by atoms with Crippen LogP contribution in [0.4, 0.5) is 32.9 Å². The van der Waals surface area contributed by atoms with Gasteiger partial charge in [0.25, 0.3) is 23.5 Å². The van der Waals surface area contributed by atoms with Crippen LogP contribution in [0.25, 0.3) is 21.8 Å². The van der Waals surface area contributed by atoms with Crippen molar-refractivity contribution in [1.29, 1.82) is 0 Å². The molecule has 8 aliphatic rings. The molecule has 8 aromatic rings. The first-order valence-electron chi connectivity index (χ1n) is 40.8. The Morgan fingerprint density at radius 3 is 1.17 bits per heavy atom. The monoisotopic (exact) mass is 1670 g/mol. The van der Waals surface area contributed by atoms with Crippen molar-refractivity contribution in [2.24, 2.45) is 29.4 Å². The summed E-state index contributed by atoms with van der Waals surface area (Å²) >= 11 is 11.6. The Labute approximate surface area is 701 Å². The van der Waals surface area contributed by atoms with Gasteiger partial charge in [0.2, 0.25) is 0 Å². The maximum Gasteiger partial charge on any atom is 0.407 e. The lowest BCUT2D eigenvalue weighted by Crippen LogP contribution is -2.50. The van der Waals surface area contributed by atoms with Gasteiger partial charge in [-0.1, -0.05) is 59.6 Å². The van der Waals surface area contributed by atoms with Gasteiger partial charge in [-0.15, -0.1) is 12.4 Å². The number of ether oxygens (including phenoxy) is 6. The van der Waals surface area contributed by atoms with Crippen molar-refractivity contribution >= 4 is 92.9 Å². The molecule has 0 atom stereocenters. The van der Waals surface area contributed by atoms with Gasteiger partial charge >= 0.3 is 12.2 Å². The number of anilines is 4. The zero-order valence-electron chi connectivity index (χ0n) is 67.9. The van der Waals surface area contributed by atoms with Gasteiger partial charge < -0.3 is 90.5 Å². The van der Waals surface area contributed by atoms with Crippen molar-refractivity contribution in [2.75, 3.05) is 98.8 Å². The molecule has 30 nitrogen and oxygen atoms in total. The Bertz CT molecular complexity index is 4320. The quantitative estimate of drug-likeness (QED) is 0.0340. The van der Waals surface area contributed by atoms with Crippen molar-refractivity contribution < 1.29 is 58.4 Å². The Morgan fingerprint density at radius 1 is 0.444 bits per heavy atom. The van der Waals surface area contributed by atoms with Crippen LogP contribution < -0.4 is 60.6 Å². The van der Waals surface area contributed by atoms with E-state index >= 15 is 0 Å². The molecule has 0 unspecified atom stereocenters. The normalized spacial score (nSPS) is 22.0. The van der Waals surface area contributed by atoms with Crippen LogP contribution in [-0.4, -0.2) is 221 Å². The highest BCUT2D eigenvalue weighted by molar-refractivity contribution is 6.30. The summed E-state index contributed by atoms with van der Waals surface area (Å²) in [7, 11) is 0. The number of fused-ring (bicyclic) bond motifs is 2. The molecule has 2 aromatic carbocycles. The number of hydrogen-bond acceptors (Lipinski definition) is 28. The summed E-state index contributed by atoms with van der Waals surface area (Å²) in [6.45, 7) is 19.6. The van der Waals surface area contributed by atoms with Crippen LogP contribution in [0.5, 0.6) is 23.5 Å². The van der Waals surface area contributed by atoms with Gasteiger partial charge in [0, 0.05) is 189 Å². The summed E-state index contributed by atoms with van der Waals surface area (Å²) < 4.78 is 34.2. The highest BCUT2D eigenvalue weighted by Crippen LogP contribution is 2.37. The molecule has 10 N–H and O–H groups in total. The highest BCUT2D eigenvalue weighted by Gasteiger charge is 2.38. The second-order valence-electron chi connectivity index (χ2n) is 32.8. The highest BCUT2D eigenvalue weighted by atomic mass is 35.5. The number of benzene rings is 2. The molecular weight excluding hydrogens is 1560 g/mol. The van der Waals surface area contributed by atoms with Crippen LogP contribution in [0.15, 0.2) is 122 Å². The fourth-order valence-electron chi connectivity index (χ4n) is 14.3. The summed E-state index contributed by atoms with van der Waals surface area (Å²) in [4.78, 5) is 73.3. The maximum atomic E-state index is 11.8. The number of amides is 2. The number of nitrogens with zero attached hydrogens (tertiary/aromatic N) is 13. The van der Waals surface area contributed by atoms with Gasteiger partial charge in [-0.3, -0.25) is 0 Å². The smallest absolute Gasteiger partial charge is 0.407 e. The third kappa shape index (κ3) is 28.7. The summed E-state index contributed by atoms with van der Waals surface area (Å²) in [5, 5.41) is 52.0. The molecule has 117 heavy (non-hydrogen) atoms. The van der Waals surface area contributed by atoms with E-state index < -0.39 is 23.4 Å². The van der Waals surface area contributed by atoms with E-state index in [4.69, 9.17) is 67.4 Å². The van der Waals surface area contributed by atoms with Crippen molar-refractivity contribution in [1.82, 2.24) is 65.8 Å². The van der Waals surface area contributed by atoms with Crippen LogP contribution in [0.1, 0.15) is 144 Å². The first kappa shape index (κ1) is 90.5. The van der Waals surface area contributed by atoms with E-state index in [1.165, 1.54) is 12.4 Å². The van der Waals surface area contributed by atoms with Gasteiger partial charge in [-0.25, -0.2) is 59.4 Å². The minimum absolute atomic E-state index is 0. The number of piperidine rings is 4. The minimum Gasteiger partial charge on any atom is -0.472 e. The lowest BCUT2D eigenvalue weighted by Gasteiger charge is -2.37. The minimum atomic E-state index is -0.498. The summed E-state index contributed by atoms with van der Waals surface area (Å²) in [5.74, 6) is 7.17. The molecule has 6 aromatic heterocycles. The molecular formula is C84H117Cl3N18O12. The fourth-order valence-corrected chi connectivity index (χ4v) is 14.6. The average molecular weight is 1680 g/mol. The number of halogens is 3. The van der Waals surface area contributed by atoms with E-state index in [9.17, 15) is 24.9 Å². The predicted molar refractivity (Wildman–Crippen MR) is 454 cm³/mol. The number of pyridine rings is 2. The molecule has 8 fully saturated rings. The molecule has 10 heterocycles. The second-order valence-corrected chi connectivity index (χ2v) is 33.5. The second kappa shape index (κ2) is 44.8. The SMILES string of the molecule is CC(C)(C)OC(=O)NC1CC(Oc2nccnc2Cl)C1.CC(C)(C)OC(=O)NC1CC(Oc2nccnc2N2CCC(CO)CC2)C1.Cl.Clc1ccc2ccccc2n1.NC1CC(Oc2nccnc2N2CCC(CO)CC2)C1.OCC1CCN(c2nccnc2OC2CC(Nc3ccc4ccccc4n3)C2)CC1.OCC1CCNCC1. The Hall–Kier alpha value is -8.85. The van der Waals surface area contributed by atoms with Gasteiger partial charge in [0.1, 0.15) is 46.6 Å². The zero-order valence-corrected chi connectivity index (χ0v) is 70.2. The molecule has 4 saturated heterocycles. The summed E-state index contributed by atoms with van der Waals surface area (Å²) in [6.07, 6.45) is 27.2. The van der Waals surface area contributed by atoms with E-state index in [1.807, 2.05) is 96.1 Å². The predicted octanol–water partition coefficient (Wildman–Crippen LogP) is 11.8. The van der Waals surface area contributed by atoms with Gasteiger partial charge in [-0.2, -0.15) is 0 Å². The number of nitrogens with one attached hydrogen (secondary N) is 4. The number of carbonyl (C=O) groups excluding carboxylic acids is 2. The Morgan fingerprint density at radius 2 is 0.786 bits per heavy atom. The number of para-hydroxylation sites is 2. The van der Waals surface area contributed by atoms with Crippen molar-refractivity contribution in [3.8, 4) is 23.5 Å². The number of aliphatic hydroxyl groups excluding tert-OH is 4. The molecule has 16 rings (SSSR count). The number of alkyl carbamates (subject to hydrolysis) is 2. The number of rotatable bonds is 19. The van der Waals surface area contributed by atoms with Crippen LogP contribution in [-0.2, 0) is 9.47 Å². The van der Waals surface area contributed by atoms with E-state index in [2.05, 4.69) is 93.0 Å². The lowest BCUT2D eigenvalue weighted by atomic mass is 9.89. The average Bonchev–Trinajstić information content (AvgIpc) is 0.822. The zero-order chi connectivity index (χ0) is 82.0. The summed E-state index contributed by atoms with van der Waals surface area (Å²) in [5.41, 5.74) is 6.74. The van der Waals surface area contributed by atoms with E-state index in [0.29, 0.717) is 77.8 Å². The number of aromatic nitrogens is 10. The molecule has 4 aliphatic carbocycles. The molecule has 636 valence electrons. The number of aliphatic hydroxyl groups is 4. The van der Waals surface area contributed by atoms with Crippen molar-refractivity contribution in [3.05, 3.63) is 133 Å². The molecule has 0 spiro atoms. The van der Waals surface area contributed by atoms with E-state index in [-0.39, 0.29) is 79.9 Å². The molecule has 4 aliphatic heterocycles. The van der Waals surface area contributed by atoms with Crippen LogP contribution in [0.3, 0.4) is 0 Å². The van der Waals surface area contributed by atoms with Gasteiger partial charge in [-0.05, 0) is 179 Å². The van der Waals surface area contributed by atoms with Gasteiger partial charge in [0.15, 0.2) is 22.6 Å². The van der Waals surface area contributed by atoms with E-state index in [0.717, 1.165) is 187 Å². The Kier molecular flexibility index (Phi) is 34.6. The summed E-state index contributed by atoms with van der Waals surface area (Å²) in [6, 6.07) is 24.7. The molecule has 4 saturated carbocycles. The third-order valence-corrected chi connectivity index (χ3v) is 21.8. The van der Waals surface area contributed by atoms with E-state index in [1.54, 1.807) is 43.2 Å². The topological polar surface area (TPSA) is 383 Å². The maximum absolute atomic E-state index is 11.8. The van der Waals surface area contributed by atoms with Crippen molar-refractivity contribution in [3.63, 3.8) is 0 Å². The number of hydrogen-bond donors (Lipinski definition) is 9. The molecule has 0 radical (unpaired) electrons. The molecule has 0 bridgehead atoms. The van der Waals surface area contributed by atoms with Crippen LogP contribution in [0, 0.1) is 23.7 Å². The van der Waals surface area contributed by atoms with Gasteiger partial charge in [0.05, 0.1) is 11.0 Å². The largest absolute Gasteiger partial charge is 0.472 e. The van der Waals surface area contributed by atoms with Crippen molar-refractivity contribution in [2.45, 2.75) is 204 Å².